The van der Waals surface area contributed by atoms with Crippen LogP contribution >= 0.6 is 27.3 Å². The van der Waals surface area contributed by atoms with Crippen molar-refractivity contribution >= 4 is 33.2 Å². The van der Waals surface area contributed by atoms with E-state index in [1.165, 1.54) is 29.7 Å². The maximum atomic E-state index is 12.5. The molecule has 100 valence electrons. The molecule has 1 saturated carbocycles. The van der Waals surface area contributed by atoms with Crippen molar-refractivity contribution in [3.05, 3.63) is 21.4 Å². The summed E-state index contributed by atoms with van der Waals surface area (Å²) in [6, 6.07) is 2.36. The van der Waals surface area contributed by atoms with Crippen molar-refractivity contribution in [2.24, 2.45) is 0 Å². The van der Waals surface area contributed by atoms with Crippen LogP contribution in [0.2, 0.25) is 0 Å². The highest BCUT2D eigenvalue weighted by atomic mass is 79.9. The molecular formula is C14H20BrNOS. The highest BCUT2D eigenvalue weighted by molar-refractivity contribution is 9.09. The third-order valence-corrected chi connectivity index (χ3v) is 6.05. The van der Waals surface area contributed by atoms with Crippen molar-refractivity contribution in [1.82, 2.24) is 4.90 Å². The molecule has 1 fully saturated rings. The zero-order chi connectivity index (χ0) is 13.3. The van der Waals surface area contributed by atoms with E-state index in [0.29, 0.717) is 10.9 Å². The summed E-state index contributed by atoms with van der Waals surface area (Å²) >= 11 is 5.33. The molecule has 18 heavy (non-hydrogen) atoms. The Kier molecular flexibility index (Phi) is 4.49. The highest BCUT2D eigenvalue weighted by Crippen LogP contribution is 2.30. The minimum absolute atomic E-state index is 0.174. The lowest BCUT2D eigenvalue weighted by Crippen LogP contribution is -2.43. The fourth-order valence-electron chi connectivity index (χ4n) is 2.51. The number of alkyl halides is 1. The van der Waals surface area contributed by atoms with E-state index in [-0.39, 0.29) is 5.91 Å². The van der Waals surface area contributed by atoms with E-state index >= 15 is 0 Å². The molecule has 0 saturated heterocycles. The quantitative estimate of drug-likeness (QED) is 0.746. The number of thiophene rings is 1. The molecule has 1 amide bonds. The molecule has 1 aliphatic rings. The summed E-state index contributed by atoms with van der Waals surface area (Å²) in [5.74, 6) is 0.174. The summed E-state index contributed by atoms with van der Waals surface area (Å²) < 4.78 is 0. The first-order valence-corrected chi connectivity index (χ1v) is 8.22. The highest BCUT2D eigenvalue weighted by Gasteiger charge is 2.30. The first kappa shape index (κ1) is 14.1. The van der Waals surface area contributed by atoms with Crippen molar-refractivity contribution in [2.45, 2.75) is 50.4 Å². The van der Waals surface area contributed by atoms with Gasteiger partial charge in [-0.1, -0.05) is 28.8 Å². The molecule has 1 aromatic rings. The van der Waals surface area contributed by atoms with Crippen molar-refractivity contribution in [2.75, 3.05) is 7.05 Å². The molecule has 2 atom stereocenters. The van der Waals surface area contributed by atoms with Crippen LogP contribution < -0.4 is 0 Å². The molecule has 2 nitrogen and oxygen atoms in total. The van der Waals surface area contributed by atoms with E-state index < -0.39 is 0 Å². The Morgan fingerprint density at radius 3 is 2.61 bits per heavy atom. The average molecular weight is 330 g/mol. The lowest BCUT2D eigenvalue weighted by Gasteiger charge is -2.35. The Morgan fingerprint density at radius 2 is 2.06 bits per heavy atom. The fraction of sp³-hybridized carbons (Fsp3) is 0.643. The van der Waals surface area contributed by atoms with Crippen LogP contribution in [0.5, 0.6) is 0 Å². The second-order valence-electron chi connectivity index (χ2n) is 5.13. The van der Waals surface area contributed by atoms with Crippen LogP contribution in [0.1, 0.15) is 45.8 Å². The van der Waals surface area contributed by atoms with Crippen LogP contribution in [0.4, 0.5) is 0 Å². The molecule has 0 aliphatic heterocycles. The van der Waals surface area contributed by atoms with Crippen LogP contribution in [-0.2, 0) is 0 Å². The molecular weight excluding hydrogens is 310 g/mol. The number of rotatable bonds is 2. The predicted octanol–water partition coefficient (Wildman–Crippen LogP) is 4.14. The molecule has 1 aliphatic carbocycles. The zero-order valence-corrected chi connectivity index (χ0v) is 13.6. The monoisotopic (exact) mass is 329 g/mol. The van der Waals surface area contributed by atoms with Gasteiger partial charge in [0.15, 0.2) is 0 Å². The minimum atomic E-state index is 0.174. The Hall–Kier alpha value is -0.350. The molecule has 2 unspecified atom stereocenters. The number of carbonyl (C=O) groups is 1. The van der Waals surface area contributed by atoms with E-state index in [1.807, 2.05) is 18.0 Å². The smallest absolute Gasteiger partial charge is 0.263 e. The molecule has 0 radical (unpaired) electrons. The van der Waals surface area contributed by atoms with Crippen LogP contribution in [0.15, 0.2) is 6.07 Å². The van der Waals surface area contributed by atoms with Crippen molar-refractivity contribution in [3.63, 3.8) is 0 Å². The number of amides is 1. The van der Waals surface area contributed by atoms with Gasteiger partial charge < -0.3 is 4.90 Å². The Bertz CT molecular complexity index is 424. The second kappa shape index (κ2) is 5.74. The summed E-state index contributed by atoms with van der Waals surface area (Å²) in [6.45, 7) is 4.14. The molecule has 2 rings (SSSR count). The number of carbonyl (C=O) groups excluding carboxylic acids is 1. The summed E-state index contributed by atoms with van der Waals surface area (Å²) in [4.78, 5) is 17.0. The number of hydrogen-bond acceptors (Lipinski definition) is 2. The third kappa shape index (κ3) is 2.80. The van der Waals surface area contributed by atoms with Gasteiger partial charge >= 0.3 is 0 Å². The summed E-state index contributed by atoms with van der Waals surface area (Å²) in [5, 5.41) is 0. The minimum Gasteiger partial charge on any atom is -0.337 e. The van der Waals surface area contributed by atoms with Gasteiger partial charge in [-0.2, -0.15) is 0 Å². The van der Waals surface area contributed by atoms with E-state index in [2.05, 4.69) is 29.8 Å². The lowest BCUT2D eigenvalue weighted by molar-refractivity contribution is 0.0709. The van der Waals surface area contributed by atoms with Crippen molar-refractivity contribution in [3.8, 4) is 0 Å². The maximum Gasteiger partial charge on any atom is 0.263 e. The third-order valence-electron chi connectivity index (χ3n) is 3.84. The SMILES string of the molecule is Cc1cc(C(=O)N(C)C2CCCCC2Br)sc1C. The Labute approximate surface area is 122 Å². The van der Waals surface area contributed by atoms with Gasteiger partial charge in [-0.05, 0) is 38.3 Å². The molecule has 4 heteroatoms. The van der Waals surface area contributed by atoms with Gasteiger partial charge in [0.25, 0.3) is 5.91 Å². The van der Waals surface area contributed by atoms with Gasteiger partial charge in [-0.3, -0.25) is 4.79 Å². The summed E-state index contributed by atoms with van der Waals surface area (Å²) in [7, 11) is 1.94. The standard InChI is InChI=1S/C14H20BrNOS/c1-9-8-13(18-10(9)2)14(17)16(3)12-7-5-4-6-11(12)15/h8,11-12H,4-7H2,1-3H3. The Balaban J connectivity index is 2.12. The Morgan fingerprint density at radius 1 is 1.39 bits per heavy atom. The van der Waals surface area contributed by atoms with Gasteiger partial charge in [0.1, 0.15) is 0 Å². The van der Waals surface area contributed by atoms with E-state index in [1.54, 1.807) is 11.3 Å². The summed E-state index contributed by atoms with van der Waals surface area (Å²) in [6.07, 6.45) is 4.78. The second-order valence-corrected chi connectivity index (χ2v) is 7.57. The van der Waals surface area contributed by atoms with Crippen LogP contribution in [0, 0.1) is 13.8 Å². The van der Waals surface area contributed by atoms with Crippen molar-refractivity contribution < 1.29 is 4.79 Å². The molecule has 0 N–H and O–H groups in total. The van der Waals surface area contributed by atoms with Crippen LogP contribution in [0.3, 0.4) is 0 Å². The molecule has 0 aromatic carbocycles. The van der Waals surface area contributed by atoms with Gasteiger partial charge in [0.2, 0.25) is 0 Å². The maximum absolute atomic E-state index is 12.5. The molecule has 1 aromatic heterocycles. The first-order valence-electron chi connectivity index (χ1n) is 6.49. The van der Waals surface area contributed by atoms with Crippen LogP contribution in [-0.4, -0.2) is 28.7 Å². The van der Waals surface area contributed by atoms with E-state index in [0.717, 1.165) is 11.3 Å². The van der Waals surface area contributed by atoms with Gasteiger partial charge in [-0.25, -0.2) is 0 Å². The van der Waals surface area contributed by atoms with Gasteiger partial charge in [0, 0.05) is 22.8 Å². The predicted molar refractivity (Wildman–Crippen MR) is 80.9 cm³/mol. The molecule has 0 bridgehead atoms. The fourth-order valence-corrected chi connectivity index (χ4v) is 4.46. The zero-order valence-electron chi connectivity index (χ0n) is 11.2. The van der Waals surface area contributed by atoms with Gasteiger partial charge in [-0.15, -0.1) is 11.3 Å². The first-order chi connectivity index (χ1) is 8.50. The molecule has 1 heterocycles. The number of halogens is 1. The lowest BCUT2D eigenvalue weighted by atomic mass is 9.94. The number of nitrogens with zero attached hydrogens (tertiary/aromatic N) is 1. The average Bonchev–Trinajstić information content (AvgIpc) is 2.68. The van der Waals surface area contributed by atoms with E-state index in [4.69, 9.17) is 0 Å². The van der Waals surface area contributed by atoms with Crippen molar-refractivity contribution in [1.29, 1.82) is 0 Å². The number of aryl methyl sites for hydroxylation is 2. The van der Waals surface area contributed by atoms with Gasteiger partial charge in [0.05, 0.1) is 4.88 Å². The van der Waals surface area contributed by atoms with E-state index in [9.17, 15) is 4.79 Å². The summed E-state index contributed by atoms with van der Waals surface area (Å²) in [5.41, 5.74) is 1.22. The topological polar surface area (TPSA) is 20.3 Å². The largest absolute Gasteiger partial charge is 0.337 e. The van der Waals surface area contributed by atoms with Crippen LogP contribution in [0.25, 0.3) is 0 Å². The number of hydrogen-bond donors (Lipinski definition) is 0. The molecule has 0 spiro atoms. The normalized spacial score (nSPS) is 24.0.